The number of hydrogen-bond acceptors (Lipinski definition) is 6. The van der Waals surface area contributed by atoms with E-state index in [2.05, 4.69) is 30.9 Å². The monoisotopic (exact) mass is 485 g/mol. The molecule has 0 bridgehead atoms. The zero-order valence-corrected chi connectivity index (χ0v) is 21.1. The maximum atomic E-state index is 13.7. The number of anilines is 1. The van der Waals surface area contributed by atoms with Crippen molar-refractivity contribution in [2.75, 3.05) is 37.3 Å². The molecule has 1 amide bonds. The summed E-state index contributed by atoms with van der Waals surface area (Å²) in [4.78, 5) is 22.7. The molecule has 0 atom stereocenters. The molecule has 1 heterocycles. The summed E-state index contributed by atoms with van der Waals surface area (Å²) >= 11 is 1.37. The summed E-state index contributed by atoms with van der Waals surface area (Å²) in [6, 6.07) is 11.0. The van der Waals surface area contributed by atoms with Gasteiger partial charge in [-0.3, -0.25) is 9.69 Å². The van der Waals surface area contributed by atoms with Crippen LogP contribution in [0.15, 0.2) is 41.3 Å². The molecule has 0 aliphatic heterocycles. The van der Waals surface area contributed by atoms with Crippen LogP contribution < -0.4 is 4.90 Å². The Balaban J connectivity index is 1.70. The number of likely N-dealkylation sites (N-methyl/N-ethyl adjacent to an activating group) is 1. The lowest BCUT2D eigenvalue weighted by atomic mass is 9.90. The molecule has 1 aliphatic carbocycles. The fourth-order valence-electron chi connectivity index (χ4n) is 4.33. The predicted octanol–water partition coefficient (Wildman–Crippen LogP) is 4.57. The number of aryl methyl sites for hydroxylation is 2. The highest BCUT2D eigenvalue weighted by Crippen LogP contribution is 2.32. The normalized spacial score (nSPS) is 13.9. The van der Waals surface area contributed by atoms with Gasteiger partial charge in [0.25, 0.3) is 5.91 Å². The van der Waals surface area contributed by atoms with Crippen LogP contribution in [0.4, 0.5) is 5.13 Å². The molecule has 0 fully saturated rings. The van der Waals surface area contributed by atoms with E-state index in [1.807, 2.05) is 6.07 Å². The van der Waals surface area contributed by atoms with Gasteiger partial charge >= 0.3 is 0 Å². The van der Waals surface area contributed by atoms with Gasteiger partial charge in [0.05, 0.1) is 15.1 Å². The summed E-state index contributed by atoms with van der Waals surface area (Å²) in [6.07, 6.45) is 5.67. The third kappa shape index (κ3) is 5.28. The Kier molecular flexibility index (Phi) is 7.16. The van der Waals surface area contributed by atoms with E-state index in [1.165, 1.54) is 35.1 Å². The first-order valence-electron chi connectivity index (χ1n) is 11.6. The Morgan fingerprint density at radius 1 is 1.00 bits per heavy atom. The van der Waals surface area contributed by atoms with Crippen LogP contribution in [0.5, 0.6) is 0 Å². The molecule has 2 aromatic carbocycles. The number of carbonyl (C=O) groups excluding carboxylic acids is 1. The molecule has 176 valence electrons. The quantitative estimate of drug-likeness (QED) is 0.468. The van der Waals surface area contributed by atoms with E-state index in [9.17, 15) is 13.2 Å². The molecule has 0 N–H and O–H groups in total. The van der Waals surface area contributed by atoms with Crippen molar-refractivity contribution in [3.05, 3.63) is 53.1 Å². The van der Waals surface area contributed by atoms with Gasteiger partial charge in [-0.1, -0.05) is 31.3 Å². The van der Waals surface area contributed by atoms with Crippen LogP contribution in [0.25, 0.3) is 10.2 Å². The smallest absolute Gasteiger partial charge is 0.260 e. The molecule has 0 radical (unpaired) electrons. The van der Waals surface area contributed by atoms with Crippen LogP contribution in [-0.2, 0) is 22.7 Å². The van der Waals surface area contributed by atoms with Gasteiger partial charge < -0.3 is 4.90 Å². The van der Waals surface area contributed by atoms with Crippen molar-refractivity contribution in [2.45, 2.75) is 44.4 Å². The SMILES string of the molecule is CCN(CC)CCN(C(=O)c1ccc2c(c1)CCCC2)c1nc2ccc(S(C)(=O)=O)cc2s1. The lowest BCUT2D eigenvalue weighted by molar-refractivity contribution is 0.0983. The third-order valence-corrected chi connectivity index (χ3v) is 8.53. The van der Waals surface area contributed by atoms with Crippen LogP contribution in [0, 0.1) is 0 Å². The molecule has 1 aromatic heterocycles. The Bertz CT molecular complexity index is 1260. The van der Waals surface area contributed by atoms with Gasteiger partial charge in [-0.05, 0) is 80.2 Å². The molecular formula is C25H31N3O3S2. The van der Waals surface area contributed by atoms with E-state index in [0.717, 1.165) is 43.6 Å². The van der Waals surface area contributed by atoms with Crippen molar-refractivity contribution in [1.29, 1.82) is 0 Å². The van der Waals surface area contributed by atoms with Crippen molar-refractivity contribution in [3.8, 4) is 0 Å². The fourth-order valence-corrected chi connectivity index (χ4v) is 6.08. The highest BCUT2D eigenvalue weighted by molar-refractivity contribution is 7.90. The van der Waals surface area contributed by atoms with Crippen LogP contribution in [0.3, 0.4) is 0 Å². The minimum absolute atomic E-state index is 0.0575. The van der Waals surface area contributed by atoms with Gasteiger partial charge in [-0.25, -0.2) is 13.4 Å². The molecule has 6 nitrogen and oxygen atoms in total. The summed E-state index contributed by atoms with van der Waals surface area (Å²) < 4.78 is 24.7. The van der Waals surface area contributed by atoms with E-state index in [0.29, 0.717) is 22.8 Å². The molecule has 0 saturated carbocycles. The third-order valence-electron chi connectivity index (χ3n) is 6.38. The number of rotatable bonds is 8. The first-order chi connectivity index (χ1) is 15.8. The summed E-state index contributed by atoms with van der Waals surface area (Å²) in [5, 5.41) is 0.602. The van der Waals surface area contributed by atoms with Crippen molar-refractivity contribution >= 4 is 42.4 Å². The van der Waals surface area contributed by atoms with Gasteiger partial charge in [-0.2, -0.15) is 0 Å². The second kappa shape index (κ2) is 9.91. The number of aromatic nitrogens is 1. The maximum absolute atomic E-state index is 13.7. The minimum atomic E-state index is -3.31. The average molecular weight is 486 g/mol. The highest BCUT2D eigenvalue weighted by Gasteiger charge is 2.23. The largest absolute Gasteiger partial charge is 0.302 e. The zero-order valence-electron chi connectivity index (χ0n) is 19.5. The molecule has 1 aliphatic rings. The predicted molar refractivity (Wildman–Crippen MR) is 135 cm³/mol. The van der Waals surface area contributed by atoms with Gasteiger partial charge in [0.1, 0.15) is 0 Å². The summed E-state index contributed by atoms with van der Waals surface area (Å²) in [6.45, 7) is 7.32. The Morgan fingerprint density at radius 2 is 1.73 bits per heavy atom. The van der Waals surface area contributed by atoms with Gasteiger partial charge in [0.15, 0.2) is 15.0 Å². The van der Waals surface area contributed by atoms with Gasteiger partial charge in [-0.15, -0.1) is 0 Å². The van der Waals surface area contributed by atoms with Crippen LogP contribution in [-0.4, -0.2) is 56.6 Å². The molecule has 0 spiro atoms. The summed E-state index contributed by atoms with van der Waals surface area (Å²) in [5.74, 6) is -0.0575. The number of thiazole rings is 1. The van der Waals surface area contributed by atoms with Crippen molar-refractivity contribution in [2.24, 2.45) is 0 Å². The number of benzene rings is 2. The van der Waals surface area contributed by atoms with E-state index in [-0.39, 0.29) is 10.8 Å². The number of hydrogen-bond donors (Lipinski definition) is 0. The molecule has 3 aromatic rings. The number of sulfone groups is 1. The number of amides is 1. The molecule has 33 heavy (non-hydrogen) atoms. The first kappa shape index (κ1) is 23.9. The Morgan fingerprint density at radius 3 is 2.42 bits per heavy atom. The van der Waals surface area contributed by atoms with E-state index in [1.54, 1.807) is 23.1 Å². The maximum Gasteiger partial charge on any atom is 0.260 e. The number of fused-ring (bicyclic) bond motifs is 2. The van der Waals surface area contributed by atoms with E-state index >= 15 is 0 Å². The molecule has 8 heteroatoms. The Labute approximate surface area is 200 Å². The number of carbonyl (C=O) groups is 1. The molecule has 0 unspecified atom stereocenters. The summed E-state index contributed by atoms with van der Waals surface area (Å²) in [5.41, 5.74) is 4.01. The molecule has 0 saturated heterocycles. The van der Waals surface area contributed by atoms with Crippen molar-refractivity contribution in [1.82, 2.24) is 9.88 Å². The lowest BCUT2D eigenvalue weighted by Crippen LogP contribution is -2.39. The topological polar surface area (TPSA) is 70.6 Å². The average Bonchev–Trinajstić information content (AvgIpc) is 3.23. The van der Waals surface area contributed by atoms with Crippen LogP contribution >= 0.6 is 11.3 Å². The zero-order chi connectivity index (χ0) is 23.6. The van der Waals surface area contributed by atoms with E-state index < -0.39 is 9.84 Å². The van der Waals surface area contributed by atoms with Gasteiger partial charge in [0, 0.05) is 24.9 Å². The second-order valence-corrected chi connectivity index (χ2v) is 11.6. The van der Waals surface area contributed by atoms with Crippen LogP contribution in [0.1, 0.15) is 48.2 Å². The lowest BCUT2D eigenvalue weighted by Gasteiger charge is -2.25. The van der Waals surface area contributed by atoms with E-state index in [4.69, 9.17) is 4.98 Å². The van der Waals surface area contributed by atoms with Crippen LogP contribution in [0.2, 0.25) is 0 Å². The Hall–Kier alpha value is -2.29. The second-order valence-electron chi connectivity index (χ2n) is 8.57. The van der Waals surface area contributed by atoms with Gasteiger partial charge in [0.2, 0.25) is 0 Å². The number of nitrogens with zero attached hydrogens (tertiary/aromatic N) is 3. The fraction of sp³-hybridized carbons (Fsp3) is 0.440. The molecular weight excluding hydrogens is 454 g/mol. The molecule has 4 rings (SSSR count). The van der Waals surface area contributed by atoms with Crippen molar-refractivity contribution in [3.63, 3.8) is 0 Å². The standard InChI is InChI=1S/C25H31N3O3S2/c1-4-27(5-2)14-15-28(24(29)20-11-10-18-8-6-7-9-19(18)16-20)25-26-22-13-12-21(33(3,30)31)17-23(22)32-25/h10-13,16-17H,4-9,14-15H2,1-3H3. The highest BCUT2D eigenvalue weighted by atomic mass is 32.2. The minimum Gasteiger partial charge on any atom is -0.302 e. The first-order valence-corrected chi connectivity index (χ1v) is 14.3. The summed E-state index contributed by atoms with van der Waals surface area (Å²) in [7, 11) is -3.31. The van der Waals surface area contributed by atoms with Crippen molar-refractivity contribution < 1.29 is 13.2 Å².